The Kier molecular flexibility index (Phi) is 5.33. The Labute approximate surface area is 126 Å². The molecule has 0 saturated carbocycles. The van der Waals surface area contributed by atoms with Gasteiger partial charge in [0.1, 0.15) is 18.2 Å². The molecular formula is C16H24N4O. The Balaban J connectivity index is 2.02. The third kappa shape index (κ3) is 4.56. The van der Waals surface area contributed by atoms with Gasteiger partial charge in [-0.15, -0.1) is 0 Å². The molecule has 2 aromatic heterocycles. The van der Waals surface area contributed by atoms with Gasteiger partial charge in [-0.2, -0.15) is 0 Å². The molecule has 0 bridgehead atoms. The van der Waals surface area contributed by atoms with Crippen molar-refractivity contribution in [2.45, 2.75) is 33.9 Å². The van der Waals surface area contributed by atoms with Crippen LogP contribution >= 0.6 is 0 Å². The number of aryl methyl sites for hydroxylation is 2. The largest absolute Gasteiger partial charge is 0.484 e. The second kappa shape index (κ2) is 7.22. The average Bonchev–Trinajstić information content (AvgIpc) is 2.83. The van der Waals surface area contributed by atoms with Gasteiger partial charge < -0.3 is 14.6 Å². The summed E-state index contributed by atoms with van der Waals surface area (Å²) in [5.74, 6) is 2.34. The number of nitrogens with zero attached hydrogens (tertiary/aromatic N) is 3. The monoisotopic (exact) mass is 288 g/mol. The molecule has 0 unspecified atom stereocenters. The number of pyridine rings is 1. The Morgan fingerprint density at radius 2 is 2.14 bits per heavy atom. The second-order valence-corrected chi connectivity index (χ2v) is 5.67. The van der Waals surface area contributed by atoms with E-state index in [2.05, 4.69) is 29.1 Å². The number of rotatable bonds is 7. The first kappa shape index (κ1) is 15.5. The molecule has 1 N–H and O–H groups in total. The summed E-state index contributed by atoms with van der Waals surface area (Å²) in [5.41, 5.74) is 1.95. The van der Waals surface area contributed by atoms with E-state index in [1.54, 1.807) is 6.20 Å². The predicted molar refractivity (Wildman–Crippen MR) is 83.1 cm³/mol. The molecule has 2 heterocycles. The van der Waals surface area contributed by atoms with E-state index in [1.165, 1.54) is 0 Å². The highest BCUT2D eigenvalue weighted by Gasteiger charge is 2.08. The van der Waals surface area contributed by atoms with E-state index in [9.17, 15) is 0 Å². The van der Waals surface area contributed by atoms with Crippen molar-refractivity contribution >= 4 is 0 Å². The van der Waals surface area contributed by atoms with E-state index < -0.39 is 0 Å². The smallest absolute Gasteiger partial charge is 0.146 e. The molecule has 0 aromatic carbocycles. The predicted octanol–water partition coefficient (Wildman–Crippen LogP) is 2.45. The van der Waals surface area contributed by atoms with Crippen LogP contribution < -0.4 is 10.1 Å². The van der Waals surface area contributed by atoms with Crippen LogP contribution in [-0.2, 0) is 20.2 Å². The zero-order chi connectivity index (χ0) is 15.2. The Morgan fingerprint density at radius 3 is 2.81 bits per heavy atom. The molecule has 0 amide bonds. The van der Waals surface area contributed by atoms with Crippen LogP contribution in [0.1, 0.15) is 31.1 Å². The summed E-state index contributed by atoms with van der Waals surface area (Å²) in [6, 6.07) is 3.96. The van der Waals surface area contributed by atoms with Crippen molar-refractivity contribution < 1.29 is 4.74 Å². The molecule has 2 rings (SSSR count). The normalized spacial score (nSPS) is 11.1. The number of hydrogen-bond acceptors (Lipinski definition) is 4. The minimum Gasteiger partial charge on any atom is -0.484 e. The molecule has 0 aliphatic heterocycles. The van der Waals surface area contributed by atoms with Crippen LogP contribution in [0, 0.1) is 12.8 Å². The third-order valence-corrected chi connectivity index (χ3v) is 3.19. The van der Waals surface area contributed by atoms with Crippen molar-refractivity contribution in [3.8, 4) is 5.75 Å². The van der Waals surface area contributed by atoms with Gasteiger partial charge >= 0.3 is 0 Å². The summed E-state index contributed by atoms with van der Waals surface area (Å²) >= 11 is 0. The number of imidazole rings is 1. The van der Waals surface area contributed by atoms with Crippen LogP contribution in [-0.4, -0.2) is 21.1 Å². The average molecular weight is 288 g/mol. The molecule has 114 valence electrons. The summed E-state index contributed by atoms with van der Waals surface area (Å²) in [4.78, 5) is 8.84. The molecule has 5 nitrogen and oxygen atoms in total. The molecule has 0 aliphatic rings. The maximum atomic E-state index is 5.89. The zero-order valence-corrected chi connectivity index (χ0v) is 13.3. The van der Waals surface area contributed by atoms with Crippen LogP contribution in [0.25, 0.3) is 0 Å². The van der Waals surface area contributed by atoms with Crippen molar-refractivity contribution in [3.63, 3.8) is 0 Å². The number of ether oxygens (including phenoxy) is 1. The summed E-state index contributed by atoms with van der Waals surface area (Å²) in [6.07, 6.45) is 3.69. The zero-order valence-electron chi connectivity index (χ0n) is 13.3. The quantitative estimate of drug-likeness (QED) is 0.850. The Morgan fingerprint density at radius 1 is 1.33 bits per heavy atom. The van der Waals surface area contributed by atoms with Gasteiger partial charge in [0, 0.05) is 31.7 Å². The van der Waals surface area contributed by atoms with Crippen molar-refractivity contribution in [2.24, 2.45) is 13.0 Å². The minimum atomic E-state index is 0.450. The third-order valence-electron chi connectivity index (χ3n) is 3.19. The SMILES string of the molecule is Cc1ccc(OCc2nccn2C)c(CNCC(C)C)n1. The van der Waals surface area contributed by atoms with Crippen LogP contribution in [0.4, 0.5) is 0 Å². The van der Waals surface area contributed by atoms with E-state index in [-0.39, 0.29) is 0 Å². The molecule has 0 fully saturated rings. The topological polar surface area (TPSA) is 52.0 Å². The Hall–Kier alpha value is -1.88. The lowest BCUT2D eigenvalue weighted by molar-refractivity contribution is 0.286. The lowest BCUT2D eigenvalue weighted by atomic mass is 10.2. The highest BCUT2D eigenvalue weighted by atomic mass is 16.5. The van der Waals surface area contributed by atoms with Crippen molar-refractivity contribution in [1.82, 2.24) is 19.9 Å². The number of nitrogens with one attached hydrogen (secondary N) is 1. The number of hydrogen-bond donors (Lipinski definition) is 1. The first-order valence-corrected chi connectivity index (χ1v) is 7.32. The maximum Gasteiger partial charge on any atom is 0.146 e. The fourth-order valence-corrected chi connectivity index (χ4v) is 2.01. The van der Waals surface area contributed by atoms with E-state index in [0.29, 0.717) is 12.5 Å². The van der Waals surface area contributed by atoms with Crippen LogP contribution in [0.15, 0.2) is 24.5 Å². The molecule has 0 atom stereocenters. The molecule has 0 spiro atoms. The van der Waals surface area contributed by atoms with Gasteiger partial charge in [-0.3, -0.25) is 4.98 Å². The summed E-state index contributed by atoms with van der Waals surface area (Å²) in [7, 11) is 1.96. The summed E-state index contributed by atoms with van der Waals surface area (Å²) < 4.78 is 7.85. The van der Waals surface area contributed by atoms with E-state index >= 15 is 0 Å². The van der Waals surface area contributed by atoms with Crippen molar-refractivity contribution in [1.29, 1.82) is 0 Å². The van der Waals surface area contributed by atoms with Crippen LogP contribution in [0.3, 0.4) is 0 Å². The fourth-order valence-electron chi connectivity index (χ4n) is 2.01. The Bertz CT molecular complexity index is 577. The second-order valence-electron chi connectivity index (χ2n) is 5.67. The standard InChI is InChI=1S/C16H24N4O/c1-12(2)9-17-10-14-15(6-5-13(3)19-14)21-11-16-18-7-8-20(16)4/h5-8,12,17H,9-11H2,1-4H3. The number of aromatic nitrogens is 3. The van der Waals surface area contributed by atoms with Crippen LogP contribution in [0.2, 0.25) is 0 Å². The van der Waals surface area contributed by atoms with E-state index in [0.717, 1.165) is 36.1 Å². The first-order valence-electron chi connectivity index (χ1n) is 7.32. The van der Waals surface area contributed by atoms with Crippen molar-refractivity contribution in [2.75, 3.05) is 6.54 Å². The summed E-state index contributed by atoms with van der Waals surface area (Å²) in [6.45, 7) is 8.51. The van der Waals surface area contributed by atoms with E-state index in [4.69, 9.17) is 4.74 Å². The minimum absolute atomic E-state index is 0.450. The molecule has 5 heteroatoms. The summed E-state index contributed by atoms with van der Waals surface area (Å²) in [5, 5.41) is 3.41. The van der Waals surface area contributed by atoms with Gasteiger partial charge in [-0.1, -0.05) is 13.8 Å². The molecule has 0 saturated heterocycles. The van der Waals surface area contributed by atoms with Gasteiger partial charge in [-0.05, 0) is 31.5 Å². The van der Waals surface area contributed by atoms with Gasteiger partial charge in [-0.25, -0.2) is 4.98 Å². The van der Waals surface area contributed by atoms with Crippen LogP contribution in [0.5, 0.6) is 5.75 Å². The molecule has 0 radical (unpaired) electrons. The lowest BCUT2D eigenvalue weighted by Crippen LogP contribution is -2.20. The van der Waals surface area contributed by atoms with Crippen molar-refractivity contribution in [3.05, 3.63) is 41.7 Å². The van der Waals surface area contributed by atoms with Gasteiger partial charge in [0.05, 0.1) is 5.69 Å². The highest BCUT2D eigenvalue weighted by Crippen LogP contribution is 2.18. The van der Waals surface area contributed by atoms with Gasteiger partial charge in [0.15, 0.2) is 0 Å². The maximum absolute atomic E-state index is 5.89. The molecule has 0 aliphatic carbocycles. The fraction of sp³-hybridized carbons (Fsp3) is 0.500. The highest BCUT2D eigenvalue weighted by molar-refractivity contribution is 5.29. The first-order chi connectivity index (χ1) is 10.1. The van der Waals surface area contributed by atoms with Gasteiger partial charge in [0.2, 0.25) is 0 Å². The molecular weight excluding hydrogens is 264 g/mol. The van der Waals surface area contributed by atoms with Gasteiger partial charge in [0.25, 0.3) is 0 Å². The van der Waals surface area contributed by atoms with E-state index in [1.807, 2.05) is 36.9 Å². The molecule has 21 heavy (non-hydrogen) atoms. The molecule has 2 aromatic rings. The lowest BCUT2D eigenvalue weighted by Gasteiger charge is -2.13.